The monoisotopic (exact) mass is 257 g/mol. The summed E-state index contributed by atoms with van der Waals surface area (Å²) < 4.78 is 0. The number of fused-ring (bicyclic) bond motifs is 1. The third-order valence-corrected chi connectivity index (χ3v) is 3.77. The van der Waals surface area contributed by atoms with Crippen molar-refractivity contribution in [3.63, 3.8) is 0 Å². The van der Waals surface area contributed by atoms with Crippen LogP contribution in [0.25, 0.3) is 10.8 Å². The summed E-state index contributed by atoms with van der Waals surface area (Å²) in [7, 11) is 0. The topological polar surface area (TPSA) is 23.5 Å². The molecule has 2 aromatic rings. The number of benzene rings is 2. The minimum absolute atomic E-state index is 0.370. The summed E-state index contributed by atoms with van der Waals surface area (Å²) in [5, 5.41) is 12.7. The Morgan fingerprint density at radius 2 is 1.68 bits per heavy atom. The third kappa shape index (κ3) is 3.55. The Labute approximate surface area is 115 Å². The van der Waals surface area contributed by atoms with E-state index in [2.05, 4.69) is 43.0 Å². The van der Waals surface area contributed by atoms with E-state index in [1.165, 1.54) is 10.8 Å². The summed E-state index contributed by atoms with van der Waals surface area (Å²) in [6.07, 6.45) is 0.422. The summed E-state index contributed by atoms with van der Waals surface area (Å²) in [6, 6.07) is 14.5. The molecule has 0 aliphatic heterocycles. The number of nitrogens with zero attached hydrogens (tertiary/aromatic N) is 1. The molecule has 0 aliphatic rings. The first kappa shape index (κ1) is 14.0. The zero-order chi connectivity index (χ0) is 13.7. The molecule has 2 nitrogen and oxygen atoms in total. The van der Waals surface area contributed by atoms with E-state index in [9.17, 15) is 5.11 Å². The van der Waals surface area contributed by atoms with Gasteiger partial charge in [0.05, 0.1) is 6.10 Å². The van der Waals surface area contributed by atoms with Crippen molar-refractivity contribution in [2.75, 3.05) is 19.6 Å². The van der Waals surface area contributed by atoms with Crippen molar-refractivity contribution in [2.45, 2.75) is 26.4 Å². The minimum atomic E-state index is -0.370. The molecule has 2 rings (SSSR count). The van der Waals surface area contributed by atoms with Crippen LogP contribution in [0.1, 0.15) is 31.9 Å². The average molecular weight is 257 g/mol. The van der Waals surface area contributed by atoms with Gasteiger partial charge in [0, 0.05) is 6.54 Å². The number of hydrogen-bond acceptors (Lipinski definition) is 2. The van der Waals surface area contributed by atoms with Crippen LogP contribution in [0.2, 0.25) is 0 Å². The van der Waals surface area contributed by atoms with Crippen LogP contribution in [0.15, 0.2) is 42.5 Å². The van der Waals surface area contributed by atoms with Crippen LogP contribution in [0.5, 0.6) is 0 Å². The Hall–Kier alpha value is -1.38. The Morgan fingerprint density at radius 3 is 2.37 bits per heavy atom. The molecule has 0 saturated heterocycles. The molecule has 1 unspecified atom stereocenters. The van der Waals surface area contributed by atoms with E-state index in [1.54, 1.807) is 0 Å². The van der Waals surface area contributed by atoms with Gasteiger partial charge < -0.3 is 10.0 Å². The molecule has 0 fully saturated rings. The van der Waals surface area contributed by atoms with Crippen molar-refractivity contribution in [2.24, 2.45) is 0 Å². The quantitative estimate of drug-likeness (QED) is 0.854. The molecule has 0 heterocycles. The number of aliphatic hydroxyl groups excluding tert-OH is 1. The maximum atomic E-state index is 10.3. The molecule has 1 atom stereocenters. The van der Waals surface area contributed by atoms with Crippen LogP contribution in [0.3, 0.4) is 0 Å². The van der Waals surface area contributed by atoms with Gasteiger partial charge in [-0.25, -0.2) is 0 Å². The van der Waals surface area contributed by atoms with Crippen molar-refractivity contribution in [3.8, 4) is 0 Å². The average Bonchev–Trinajstić information content (AvgIpc) is 2.47. The van der Waals surface area contributed by atoms with Crippen LogP contribution in [-0.2, 0) is 0 Å². The second-order valence-electron chi connectivity index (χ2n) is 4.94. The summed E-state index contributed by atoms with van der Waals surface area (Å²) >= 11 is 0. The molecule has 0 aromatic heterocycles. The van der Waals surface area contributed by atoms with Gasteiger partial charge in [-0.15, -0.1) is 0 Å². The van der Waals surface area contributed by atoms with Gasteiger partial charge in [-0.3, -0.25) is 0 Å². The van der Waals surface area contributed by atoms with Gasteiger partial charge in [-0.1, -0.05) is 50.2 Å². The maximum Gasteiger partial charge on any atom is 0.0802 e. The zero-order valence-electron chi connectivity index (χ0n) is 11.8. The Morgan fingerprint density at radius 1 is 1.00 bits per heavy atom. The fraction of sp³-hybridized carbons (Fsp3) is 0.412. The Balaban J connectivity index is 2.06. The largest absolute Gasteiger partial charge is 0.388 e. The summed E-state index contributed by atoms with van der Waals surface area (Å²) in [6.45, 7) is 7.35. The molecule has 1 N–H and O–H groups in total. The molecule has 2 aromatic carbocycles. The minimum Gasteiger partial charge on any atom is -0.388 e. The van der Waals surface area contributed by atoms with Gasteiger partial charge >= 0.3 is 0 Å². The van der Waals surface area contributed by atoms with E-state index in [-0.39, 0.29) is 6.10 Å². The lowest BCUT2D eigenvalue weighted by Gasteiger charge is -2.20. The molecule has 0 bridgehead atoms. The van der Waals surface area contributed by atoms with Gasteiger partial charge in [0.15, 0.2) is 0 Å². The Bertz CT molecular complexity index is 519. The summed E-state index contributed by atoms with van der Waals surface area (Å²) in [5.74, 6) is 0. The van der Waals surface area contributed by atoms with Crippen molar-refractivity contribution < 1.29 is 5.11 Å². The van der Waals surface area contributed by atoms with Gasteiger partial charge in [-0.05, 0) is 41.9 Å². The second-order valence-corrected chi connectivity index (χ2v) is 4.94. The standard InChI is InChI=1S/C17H23NO/c1-3-18(4-2)12-11-17(19)16-10-9-14-7-5-6-8-15(14)13-16/h5-10,13,17,19H,3-4,11-12H2,1-2H3. The Kier molecular flexibility index (Phi) is 4.94. The smallest absolute Gasteiger partial charge is 0.0802 e. The molecule has 0 radical (unpaired) electrons. The predicted octanol–water partition coefficient (Wildman–Crippen LogP) is 3.61. The van der Waals surface area contributed by atoms with E-state index in [0.29, 0.717) is 0 Å². The van der Waals surface area contributed by atoms with Crippen LogP contribution in [-0.4, -0.2) is 29.6 Å². The summed E-state index contributed by atoms with van der Waals surface area (Å²) in [4.78, 5) is 2.34. The molecular formula is C17H23NO. The van der Waals surface area contributed by atoms with E-state index < -0.39 is 0 Å². The van der Waals surface area contributed by atoms with Crippen molar-refractivity contribution >= 4 is 10.8 Å². The predicted molar refractivity (Wildman–Crippen MR) is 81.3 cm³/mol. The fourth-order valence-corrected chi connectivity index (χ4v) is 2.43. The van der Waals surface area contributed by atoms with Crippen LogP contribution < -0.4 is 0 Å². The SMILES string of the molecule is CCN(CC)CCC(O)c1ccc2ccccc2c1. The van der Waals surface area contributed by atoms with Gasteiger partial charge in [0.2, 0.25) is 0 Å². The van der Waals surface area contributed by atoms with E-state index in [0.717, 1.165) is 31.6 Å². The highest BCUT2D eigenvalue weighted by Crippen LogP contribution is 2.22. The second kappa shape index (κ2) is 6.69. The van der Waals surface area contributed by atoms with Crippen LogP contribution in [0, 0.1) is 0 Å². The molecule has 102 valence electrons. The number of aliphatic hydroxyl groups is 1. The van der Waals surface area contributed by atoms with Crippen molar-refractivity contribution in [3.05, 3.63) is 48.0 Å². The highest BCUT2D eigenvalue weighted by Gasteiger charge is 2.09. The molecular weight excluding hydrogens is 234 g/mol. The first-order valence-electron chi connectivity index (χ1n) is 7.13. The van der Waals surface area contributed by atoms with E-state index >= 15 is 0 Å². The lowest BCUT2D eigenvalue weighted by molar-refractivity contribution is 0.145. The maximum absolute atomic E-state index is 10.3. The molecule has 19 heavy (non-hydrogen) atoms. The third-order valence-electron chi connectivity index (χ3n) is 3.77. The fourth-order valence-electron chi connectivity index (χ4n) is 2.43. The van der Waals surface area contributed by atoms with Gasteiger partial charge in [0.25, 0.3) is 0 Å². The molecule has 2 heteroatoms. The van der Waals surface area contributed by atoms with Gasteiger partial charge in [-0.2, -0.15) is 0 Å². The molecule has 0 spiro atoms. The number of hydrogen-bond donors (Lipinski definition) is 1. The van der Waals surface area contributed by atoms with Crippen molar-refractivity contribution in [1.29, 1.82) is 0 Å². The first-order chi connectivity index (χ1) is 9.24. The number of rotatable bonds is 6. The lowest BCUT2D eigenvalue weighted by atomic mass is 10.0. The molecule has 0 saturated carbocycles. The molecule has 0 amide bonds. The lowest BCUT2D eigenvalue weighted by Crippen LogP contribution is -2.25. The normalized spacial score (nSPS) is 13.1. The van der Waals surface area contributed by atoms with Crippen LogP contribution >= 0.6 is 0 Å². The first-order valence-corrected chi connectivity index (χ1v) is 7.13. The van der Waals surface area contributed by atoms with Crippen molar-refractivity contribution in [1.82, 2.24) is 4.90 Å². The highest BCUT2D eigenvalue weighted by atomic mass is 16.3. The molecule has 0 aliphatic carbocycles. The van der Waals surface area contributed by atoms with Crippen LogP contribution in [0.4, 0.5) is 0 Å². The zero-order valence-corrected chi connectivity index (χ0v) is 11.8. The van der Waals surface area contributed by atoms with E-state index in [1.807, 2.05) is 18.2 Å². The summed E-state index contributed by atoms with van der Waals surface area (Å²) in [5.41, 5.74) is 1.02. The highest BCUT2D eigenvalue weighted by molar-refractivity contribution is 5.83. The van der Waals surface area contributed by atoms with E-state index in [4.69, 9.17) is 0 Å². The van der Waals surface area contributed by atoms with Gasteiger partial charge in [0.1, 0.15) is 0 Å².